The van der Waals surface area contributed by atoms with E-state index in [9.17, 15) is 0 Å². The number of pyridine rings is 1. The quantitative estimate of drug-likeness (QED) is 0.920. The van der Waals surface area contributed by atoms with E-state index in [-0.39, 0.29) is 12.4 Å². The summed E-state index contributed by atoms with van der Waals surface area (Å²) < 4.78 is 5.36. The lowest BCUT2D eigenvalue weighted by atomic mass is 10.2. The van der Waals surface area contributed by atoms with E-state index in [0.29, 0.717) is 25.7 Å². The minimum Gasteiger partial charge on any atom is -0.378 e. The molecule has 0 aromatic carbocycles. The van der Waals surface area contributed by atoms with E-state index >= 15 is 0 Å². The van der Waals surface area contributed by atoms with E-state index in [1.165, 1.54) is 0 Å². The molecule has 0 bridgehead atoms. The van der Waals surface area contributed by atoms with Crippen molar-refractivity contribution >= 4 is 18.4 Å². The SMILES string of the molecule is Cl.NCc1cc(-c2ccccn2)nc(N2CCOCC2)n1. The second-order valence-electron chi connectivity index (χ2n) is 4.56. The molecule has 2 aromatic heterocycles. The summed E-state index contributed by atoms with van der Waals surface area (Å²) in [5, 5.41) is 0. The number of aromatic nitrogens is 3. The Balaban J connectivity index is 0.00000161. The fourth-order valence-electron chi connectivity index (χ4n) is 2.14. The lowest BCUT2D eigenvalue weighted by molar-refractivity contribution is 0.122. The van der Waals surface area contributed by atoms with Gasteiger partial charge in [0.1, 0.15) is 0 Å². The zero-order valence-electron chi connectivity index (χ0n) is 11.6. The molecule has 0 saturated carbocycles. The Morgan fingerprint density at radius 1 is 1.14 bits per heavy atom. The maximum atomic E-state index is 5.74. The Kier molecular flexibility index (Phi) is 5.44. The Labute approximate surface area is 129 Å². The molecule has 1 fully saturated rings. The van der Waals surface area contributed by atoms with Gasteiger partial charge in [0, 0.05) is 25.8 Å². The van der Waals surface area contributed by atoms with E-state index in [0.717, 1.165) is 30.2 Å². The van der Waals surface area contributed by atoms with Gasteiger partial charge in [-0.3, -0.25) is 4.98 Å². The molecule has 0 radical (unpaired) electrons. The first kappa shape index (κ1) is 15.6. The first-order valence-corrected chi connectivity index (χ1v) is 6.69. The molecule has 3 rings (SSSR count). The van der Waals surface area contributed by atoms with Crippen molar-refractivity contribution in [3.8, 4) is 11.4 Å². The highest BCUT2D eigenvalue weighted by Gasteiger charge is 2.16. The molecular formula is C14H18ClN5O. The van der Waals surface area contributed by atoms with Crippen LogP contribution >= 0.6 is 12.4 Å². The second-order valence-corrected chi connectivity index (χ2v) is 4.56. The van der Waals surface area contributed by atoms with Crippen molar-refractivity contribution in [2.24, 2.45) is 5.73 Å². The fraction of sp³-hybridized carbons (Fsp3) is 0.357. The van der Waals surface area contributed by atoms with Gasteiger partial charge in [-0.05, 0) is 18.2 Å². The Hall–Kier alpha value is -1.76. The smallest absolute Gasteiger partial charge is 0.226 e. The molecule has 0 atom stereocenters. The first-order chi connectivity index (χ1) is 9.86. The molecule has 0 unspecified atom stereocenters. The summed E-state index contributed by atoms with van der Waals surface area (Å²) in [5.74, 6) is 0.705. The molecule has 0 aliphatic carbocycles. The number of halogens is 1. The van der Waals surface area contributed by atoms with Crippen LogP contribution in [-0.4, -0.2) is 41.3 Å². The molecule has 1 aliphatic heterocycles. The molecule has 6 nitrogen and oxygen atoms in total. The van der Waals surface area contributed by atoms with Crippen molar-refractivity contribution in [1.82, 2.24) is 15.0 Å². The van der Waals surface area contributed by atoms with Crippen LogP contribution in [0.1, 0.15) is 5.69 Å². The molecule has 0 amide bonds. The van der Waals surface area contributed by atoms with Crippen LogP contribution in [0.25, 0.3) is 11.4 Å². The maximum absolute atomic E-state index is 5.74. The number of hydrogen-bond acceptors (Lipinski definition) is 6. The summed E-state index contributed by atoms with van der Waals surface area (Å²) in [7, 11) is 0. The molecule has 2 aromatic rings. The predicted molar refractivity (Wildman–Crippen MR) is 83.4 cm³/mol. The number of anilines is 1. The molecule has 21 heavy (non-hydrogen) atoms. The largest absolute Gasteiger partial charge is 0.378 e. The summed E-state index contributed by atoms with van der Waals surface area (Å²) in [4.78, 5) is 15.6. The first-order valence-electron chi connectivity index (χ1n) is 6.69. The van der Waals surface area contributed by atoms with Crippen LogP contribution in [0.4, 0.5) is 5.95 Å². The van der Waals surface area contributed by atoms with Crippen molar-refractivity contribution in [2.45, 2.75) is 6.54 Å². The zero-order chi connectivity index (χ0) is 13.8. The number of nitrogens with two attached hydrogens (primary N) is 1. The lowest BCUT2D eigenvalue weighted by Gasteiger charge is -2.27. The molecule has 1 saturated heterocycles. The number of rotatable bonds is 3. The van der Waals surface area contributed by atoms with Gasteiger partial charge in [0.2, 0.25) is 5.95 Å². The van der Waals surface area contributed by atoms with Gasteiger partial charge in [0.15, 0.2) is 0 Å². The molecule has 3 heterocycles. The van der Waals surface area contributed by atoms with Crippen LogP contribution in [0, 0.1) is 0 Å². The summed E-state index contributed by atoms with van der Waals surface area (Å²) in [6, 6.07) is 7.66. The van der Waals surface area contributed by atoms with Gasteiger partial charge >= 0.3 is 0 Å². The maximum Gasteiger partial charge on any atom is 0.226 e. The number of nitrogens with zero attached hydrogens (tertiary/aromatic N) is 4. The van der Waals surface area contributed by atoms with E-state index in [1.807, 2.05) is 24.3 Å². The molecule has 0 spiro atoms. The average molecular weight is 308 g/mol. The minimum absolute atomic E-state index is 0. The molecule has 7 heteroatoms. The standard InChI is InChI=1S/C14H17N5O.ClH/c15-10-11-9-13(12-3-1-2-4-16-12)18-14(17-11)19-5-7-20-8-6-19;/h1-4,9H,5-8,10,15H2;1H. The van der Waals surface area contributed by atoms with Crippen molar-refractivity contribution in [2.75, 3.05) is 31.2 Å². The van der Waals surface area contributed by atoms with Gasteiger partial charge in [-0.15, -0.1) is 12.4 Å². The molecule has 2 N–H and O–H groups in total. The van der Waals surface area contributed by atoms with Crippen LogP contribution in [-0.2, 0) is 11.3 Å². The third kappa shape index (κ3) is 3.66. The van der Waals surface area contributed by atoms with E-state index < -0.39 is 0 Å². The summed E-state index contributed by atoms with van der Waals surface area (Å²) in [6.07, 6.45) is 1.76. The van der Waals surface area contributed by atoms with Crippen molar-refractivity contribution in [3.63, 3.8) is 0 Å². The predicted octanol–water partition coefficient (Wildman–Crippen LogP) is 1.26. The Morgan fingerprint density at radius 3 is 2.62 bits per heavy atom. The molecular weight excluding hydrogens is 290 g/mol. The molecule has 1 aliphatic rings. The van der Waals surface area contributed by atoms with Crippen molar-refractivity contribution in [1.29, 1.82) is 0 Å². The van der Waals surface area contributed by atoms with E-state index in [2.05, 4.69) is 19.9 Å². The third-order valence-corrected chi connectivity index (χ3v) is 3.20. The highest BCUT2D eigenvalue weighted by molar-refractivity contribution is 5.85. The normalized spacial score (nSPS) is 14.6. The van der Waals surface area contributed by atoms with Gasteiger partial charge < -0.3 is 15.4 Å². The topological polar surface area (TPSA) is 77.2 Å². The summed E-state index contributed by atoms with van der Waals surface area (Å²) >= 11 is 0. The average Bonchev–Trinajstić information content (AvgIpc) is 2.56. The lowest BCUT2D eigenvalue weighted by Crippen LogP contribution is -2.37. The van der Waals surface area contributed by atoms with Gasteiger partial charge in [-0.25, -0.2) is 9.97 Å². The van der Waals surface area contributed by atoms with Crippen LogP contribution in [0.3, 0.4) is 0 Å². The minimum atomic E-state index is 0. The van der Waals surface area contributed by atoms with Gasteiger partial charge in [-0.2, -0.15) is 0 Å². The van der Waals surface area contributed by atoms with Crippen LogP contribution in [0.5, 0.6) is 0 Å². The van der Waals surface area contributed by atoms with Crippen LogP contribution in [0.2, 0.25) is 0 Å². The molecule has 112 valence electrons. The summed E-state index contributed by atoms with van der Waals surface area (Å²) in [6.45, 7) is 3.40. The zero-order valence-corrected chi connectivity index (χ0v) is 12.4. The third-order valence-electron chi connectivity index (χ3n) is 3.20. The fourth-order valence-corrected chi connectivity index (χ4v) is 2.14. The van der Waals surface area contributed by atoms with E-state index in [1.54, 1.807) is 6.20 Å². The van der Waals surface area contributed by atoms with Crippen molar-refractivity contribution < 1.29 is 4.74 Å². The van der Waals surface area contributed by atoms with Crippen LogP contribution in [0.15, 0.2) is 30.5 Å². The monoisotopic (exact) mass is 307 g/mol. The van der Waals surface area contributed by atoms with Crippen molar-refractivity contribution in [3.05, 3.63) is 36.2 Å². The second kappa shape index (κ2) is 7.31. The highest BCUT2D eigenvalue weighted by atomic mass is 35.5. The van der Waals surface area contributed by atoms with Crippen LogP contribution < -0.4 is 10.6 Å². The van der Waals surface area contributed by atoms with E-state index in [4.69, 9.17) is 10.5 Å². The number of hydrogen-bond donors (Lipinski definition) is 1. The number of ether oxygens (including phenoxy) is 1. The van der Waals surface area contributed by atoms with Gasteiger partial charge in [0.25, 0.3) is 0 Å². The number of morpholine rings is 1. The highest BCUT2D eigenvalue weighted by Crippen LogP contribution is 2.19. The Morgan fingerprint density at radius 2 is 1.95 bits per heavy atom. The summed E-state index contributed by atoms with van der Waals surface area (Å²) in [5.41, 5.74) is 8.20. The Bertz CT molecular complexity index is 575. The van der Waals surface area contributed by atoms with Gasteiger partial charge in [-0.1, -0.05) is 6.07 Å². The van der Waals surface area contributed by atoms with Gasteiger partial charge in [0.05, 0.1) is 30.3 Å².